The first-order valence-electron chi connectivity index (χ1n) is 10.5. The van der Waals surface area contributed by atoms with E-state index >= 15 is 0 Å². The normalized spacial score (nSPS) is 13.1. The Balaban J connectivity index is 2.25. The van der Waals surface area contributed by atoms with Gasteiger partial charge in [-0.25, -0.2) is 9.78 Å². The highest BCUT2D eigenvalue weighted by Crippen LogP contribution is 2.33. The van der Waals surface area contributed by atoms with E-state index in [0.717, 1.165) is 12.1 Å². The molecule has 1 aromatic carbocycles. The number of halogens is 3. The molecule has 5 N–H and O–H groups in total. The SMILES string of the molecule is CSCC[C@H](NC(=O)COc1nc(-c2cccc(C(F)(F)F)c2)ccc1NCC(N)CS)C(=O)O. The lowest BCUT2D eigenvalue weighted by molar-refractivity contribution is -0.142. The van der Waals surface area contributed by atoms with Crippen molar-refractivity contribution in [2.75, 3.05) is 36.2 Å². The van der Waals surface area contributed by atoms with Crippen molar-refractivity contribution >= 4 is 42.0 Å². The zero-order valence-corrected chi connectivity index (χ0v) is 20.6. The summed E-state index contributed by atoms with van der Waals surface area (Å²) < 4.78 is 44.9. The molecule has 1 aromatic heterocycles. The second-order valence-corrected chi connectivity index (χ2v) is 8.83. The molecule has 1 unspecified atom stereocenters. The minimum absolute atomic E-state index is 0.0441. The van der Waals surface area contributed by atoms with Crippen molar-refractivity contribution in [2.45, 2.75) is 24.7 Å². The van der Waals surface area contributed by atoms with Crippen LogP contribution in [0, 0.1) is 0 Å². The molecule has 0 fully saturated rings. The number of nitrogens with one attached hydrogen (secondary N) is 2. The van der Waals surface area contributed by atoms with Gasteiger partial charge in [-0.1, -0.05) is 12.1 Å². The van der Waals surface area contributed by atoms with E-state index < -0.39 is 36.3 Å². The Morgan fingerprint density at radius 1 is 1.29 bits per heavy atom. The van der Waals surface area contributed by atoms with Crippen LogP contribution in [0.25, 0.3) is 11.3 Å². The molecule has 0 aliphatic rings. The molecule has 13 heteroatoms. The molecule has 192 valence electrons. The van der Waals surface area contributed by atoms with Crippen LogP contribution in [0.15, 0.2) is 36.4 Å². The average molecular weight is 533 g/mol. The van der Waals surface area contributed by atoms with Crippen LogP contribution in [-0.2, 0) is 15.8 Å². The number of hydrogen-bond acceptors (Lipinski definition) is 8. The van der Waals surface area contributed by atoms with Gasteiger partial charge in [0.1, 0.15) is 6.04 Å². The van der Waals surface area contributed by atoms with Crippen molar-refractivity contribution in [3.63, 3.8) is 0 Å². The average Bonchev–Trinajstić information content (AvgIpc) is 2.83. The van der Waals surface area contributed by atoms with Gasteiger partial charge in [0, 0.05) is 23.9 Å². The van der Waals surface area contributed by atoms with Gasteiger partial charge in [-0.3, -0.25) is 4.79 Å². The van der Waals surface area contributed by atoms with Gasteiger partial charge in [0.25, 0.3) is 5.91 Å². The number of anilines is 1. The maximum absolute atomic E-state index is 13.1. The fourth-order valence-corrected chi connectivity index (χ4v) is 3.47. The molecule has 0 spiro atoms. The molecule has 1 amide bonds. The zero-order chi connectivity index (χ0) is 26.0. The van der Waals surface area contributed by atoms with E-state index in [1.165, 1.54) is 30.0 Å². The lowest BCUT2D eigenvalue weighted by atomic mass is 10.1. The smallest absolute Gasteiger partial charge is 0.416 e. The molecule has 0 aliphatic carbocycles. The van der Waals surface area contributed by atoms with E-state index in [1.54, 1.807) is 6.07 Å². The highest BCUT2D eigenvalue weighted by molar-refractivity contribution is 7.98. The number of nitrogens with zero attached hydrogens (tertiary/aromatic N) is 1. The Morgan fingerprint density at radius 3 is 2.66 bits per heavy atom. The van der Waals surface area contributed by atoms with Gasteiger partial charge in [0.05, 0.1) is 16.9 Å². The molecule has 2 atom stereocenters. The van der Waals surface area contributed by atoms with E-state index in [1.807, 2.05) is 6.26 Å². The van der Waals surface area contributed by atoms with E-state index in [9.17, 15) is 27.9 Å². The van der Waals surface area contributed by atoms with E-state index in [0.29, 0.717) is 23.7 Å². The number of aromatic nitrogens is 1. The second kappa shape index (κ2) is 13.4. The van der Waals surface area contributed by atoms with Crippen molar-refractivity contribution in [3.05, 3.63) is 42.0 Å². The minimum Gasteiger partial charge on any atom is -0.480 e. The Bertz CT molecular complexity index is 1010. The third kappa shape index (κ3) is 9.15. The van der Waals surface area contributed by atoms with Gasteiger partial charge in [-0.2, -0.15) is 37.6 Å². The number of ether oxygens (including phenoxy) is 1. The fraction of sp³-hybridized carbons (Fsp3) is 0.409. The number of carboxylic acids is 1. The number of carboxylic acid groups (broad SMARTS) is 1. The van der Waals surface area contributed by atoms with Crippen LogP contribution >= 0.6 is 24.4 Å². The number of rotatable bonds is 13. The maximum atomic E-state index is 13.1. The number of carbonyl (C=O) groups is 2. The molecule has 0 aliphatic heterocycles. The second-order valence-electron chi connectivity index (χ2n) is 7.48. The van der Waals surface area contributed by atoms with E-state index in [-0.39, 0.29) is 29.6 Å². The molecule has 8 nitrogen and oxygen atoms in total. The van der Waals surface area contributed by atoms with Gasteiger partial charge in [0.15, 0.2) is 6.61 Å². The molecular formula is C22H27F3N4O4S2. The number of hydrogen-bond donors (Lipinski definition) is 5. The number of pyridine rings is 1. The number of carbonyl (C=O) groups excluding carboxylic acids is 1. The Labute approximate surface area is 210 Å². The predicted molar refractivity (Wildman–Crippen MR) is 133 cm³/mol. The number of thiol groups is 1. The summed E-state index contributed by atoms with van der Waals surface area (Å²) in [7, 11) is 0. The summed E-state index contributed by atoms with van der Waals surface area (Å²) in [6, 6.07) is 6.36. The van der Waals surface area contributed by atoms with Crippen molar-refractivity contribution in [2.24, 2.45) is 5.73 Å². The van der Waals surface area contributed by atoms with Gasteiger partial charge in [-0.05, 0) is 42.7 Å². The van der Waals surface area contributed by atoms with Gasteiger partial charge in [0.2, 0.25) is 5.88 Å². The molecule has 35 heavy (non-hydrogen) atoms. The third-order valence-electron chi connectivity index (χ3n) is 4.72. The minimum atomic E-state index is -4.52. The Kier molecular flexibility index (Phi) is 11.0. The molecule has 2 rings (SSSR count). The third-order valence-corrected chi connectivity index (χ3v) is 5.83. The molecule has 0 bridgehead atoms. The number of alkyl halides is 3. The largest absolute Gasteiger partial charge is 0.480 e. The topological polar surface area (TPSA) is 127 Å². The first kappa shape index (κ1) is 28.6. The predicted octanol–water partition coefficient (Wildman–Crippen LogP) is 3.14. The van der Waals surface area contributed by atoms with Gasteiger partial charge in [-0.15, -0.1) is 0 Å². The highest BCUT2D eigenvalue weighted by atomic mass is 32.2. The summed E-state index contributed by atoms with van der Waals surface area (Å²) in [5, 5.41) is 14.7. The number of nitrogens with two attached hydrogens (primary N) is 1. The Morgan fingerprint density at radius 2 is 2.03 bits per heavy atom. The molecule has 0 saturated carbocycles. The Hall–Kier alpha value is -2.64. The first-order valence-corrected chi connectivity index (χ1v) is 12.5. The molecule has 0 radical (unpaired) electrons. The summed E-state index contributed by atoms with van der Waals surface area (Å²) in [5.41, 5.74) is 5.80. The van der Waals surface area contributed by atoms with Crippen LogP contribution in [-0.4, -0.2) is 65.0 Å². The van der Waals surface area contributed by atoms with Crippen LogP contribution in [0.2, 0.25) is 0 Å². The molecule has 0 saturated heterocycles. The van der Waals surface area contributed by atoms with Crippen LogP contribution in [0.1, 0.15) is 12.0 Å². The van der Waals surface area contributed by atoms with Crippen LogP contribution in [0.3, 0.4) is 0 Å². The van der Waals surface area contributed by atoms with Gasteiger partial charge < -0.3 is 26.2 Å². The maximum Gasteiger partial charge on any atom is 0.416 e. The van der Waals surface area contributed by atoms with Crippen molar-refractivity contribution in [3.8, 4) is 17.1 Å². The first-order chi connectivity index (χ1) is 16.5. The van der Waals surface area contributed by atoms with Crippen molar-refractivity contribution in [1.82, 2.24) is 10.3 Å². The number of thioether (sulfide) groups is 1. The summed E-state index contributed by atoms with van der Waals surface area (Å²) in [6.07, 6.45) is -2.46. The zero-order valence-electron chi connectivity index (χ0n) is 18.8. The summed E-state index contributed by atoms with van der Waals surface area (Å²) in [5.74, 6) is -0.952. The van der Waals surface area contributed by atoms with E-state index in [2.05, 4.69) is 28.2 Å². The lowest BCUT2D eigenvalue weighted by Crippen LogP contribution is -2.43. The van der Waals surface area contributed by atoms with Crippen molar-refractivity contribution in [1.29, 1.82) is 0 Å². The molecular weight excluding hydrogens is 505 g/mol. The highest BCUT2D eigenvalue weighted by Gasteiger charge is 2.30. The van der Waals surface area contributed by atoms with Crippen LogP contribution in [0.4, 0.5) is 18.9 Å². The monoisotopic (exact) mass is 532 g/mol. The lowest BCUT2D eigenvalue weighted by Gasteiger charge is -2.17. The van der Waals surface area contributed by atoms with Crippen molar-refractivity contribution < 1.29 is 32.6 Å². The fourth-order valence-electron chi connectivity index (χ4n) is 2.87. The summed E-state index contributed by atoms with van der Waals surface area (Å²) in [6.45, 7) is -0.248. The number of aliphatic carboxylic acids is 1. The van der Waals surface area contributed by atoms with Gasteiger partial charge >= 0.3 is 12.1 Å². The van der Waals surface area contributed by atoms with Crippen LogP contribution in [0.5, 0.6) is 5.88 Å². The number of amides is 1. The molecule has 2 aromatic rings. The van der Waals surface area contributed by atoms with E-state index in [4.69, 9.17) is 10.5 Å². The number of benzene rings is 1. The summed E-state index contributed by atoms with van der Waals surface area (Å²) >= 11 is 5.57. The standard InChI is InChI=1S/C22H27F3N4O4S2/c1-35-8-7-18(21(31)32)28-19(30)11-33-20-17(27-10-15(26)12-34)6-5-16(29-20)13-3-2-4-14(9-13)22(23,24)25/h2-6,9,15,18,27,34H,7-8,10-12,26H2,1H3,(H,28,30)(H,31,32)/t15?,18-/m0/s1. The molecule has 1 heterocycles. The quantitative estimate of drug-likeness (QED) is 0.249. The van der Waals surface area contributed by atoms with Crippen LogP contribution < -0.4 is 21.1 Å². The summed E-state index contributed by atoms with van der Waals surface area (Å²) in [4.78, 5) is 28.0.